The van der Waals surface area contributed by atoms with E-state index < -0.39 is 42.3 Å². The van der Waals surface area contributed by atoms with Crippen molar-refractivity contribution in [1.29, 1.82) is 0 Å². The van der Waals surface area contributed by atoms with Gasteiger partial charge in [-0.15, -0.1) is 0 Å². The lowest BCUT2D eigenvalue weighted by Crippen LogP contribution is -2.56. The van der Waals surface area contributed by atoms with Crippen LogP contribution in [0.5, 0.6) is 0 Å². The summed E-state index contributed by atoms with van der Waals surface area (Å²) in [4.78, 5) is 63.7. The van der Waals surface area contributed by atoms with Crippen molar-refractivity contribution in [3.8, 4) is 0 Å². The molecule has 0 bridgehead atoms. The predicted octanol–water partition coefficient (Wildman–Crippen LogP) is 2.11. The van der Waals surface area contributed by atoms with Gasteiger partial charge in [-0.2, -0.15) is 0 Å². The molecule has 3 atom stereocenters. The van der Waals surface area contributed by atoms with Crippen LogP contribution in [0.1, 0.15) is 50.2 Å². The van der Waals surface area contributed by atoms with E-state index in [9.17, 15) is 24.0 Å². The third-order valence-corrected chi connectivity index (χ3v) is 6.48. The molecule has 1 fully saturated rings. The van der Waals surface area contributed by atoms with Gasteiger partial charge in [-0.05, 0) is 29.9 Å². The molecule has 3 amide bonds. The molecule has 1 saturated heterocycles. The molecule has 1 aliphatic rings. The first-order valence-electron chi connectivity index (χ1n) is 12.4. The molecule has 196 valence electrons. The Bertz CT molecular complexity index is 1070. The van der Waals surface area contributed by atoms with Crippen molar-refractivity contribution in [3.63, 3.8) is 0 Å². The Hall–Kier alpha value is -4.01. The maximum absolute atomic E-state index is 13.6. The predicted molar refractivity (Wildman–Crippen MR) is 136 cm³/mol. The molecule has 0 spiro atoms. The number of aldehydes is 1. The number of benzene rings is 2. The van der Waals surface area contributed by atoms with Gasteiger partial charge < -0.3 is 25.4 Å². The number of amides is 3. The smallest absolute Gasteiger partial charge is 0.305 e. The van der Waals surface area contributed by atoms with Gasteiger partial charge in [0.25, 0.3) is 0 Å². The van der Waals surface area contributed by atoms with Crippen LogP contribution < -0.4 is 10.6 Å². The van der Waals surface area contributed by atoms with E-state index in [2.05, 4.69) is 10.6 Å². The number of carbonyl (C=O) groups is 5. The van der Waals surface area contributed by atoms with Crippen LogP contribution in [-0.4, -0.2) is 64.7 Å². The van der Waals surface area contributed by atoms with Gasteiger partial charge in [-0.1, -0.05) is 74.5 Å². The number of aliphatic carboxylic acids is 1. The van der Waals surface area contributed by atoms with Crippen molar-refractivity contribution in [2.24, 2.45) is 5.92 Å². The van der Waals surface area contributed by atoms with Crippen LogP contribution in [0.25, 0.3) is 0 Å². The lowest BCUT2D eigenvalue weighted by Gasteiger charge is -2.32. The van der Waals surface area contributed by atoms with Gasteiger partial charge in [0.15, 0.2) is 0 Å². The summed E-state index contributed by atoms with van der Waals surface area (Å²) < 4.78 is 0. The van der Waals surface area contributed by atoms with E-state index in [0.717, 1.165) is 11.1 Å². The van der Waals surface area contributed by atoms with Gasteiger partial charge in [0.2, 0.25) is 17.7 Å². The number of hydrogen-bond donors (Lipinski definition) is 3. The molecule has 2 aromatic rings. The number of hydrogen-bond acceptors (Lipinski definition) is 5. The van der Waals surface area contributed by atoms with Gasteiger partial charge in [0.05, 0.1) is 18.4 Å². The van der Waals surface area contributed by atoms with Crippen molar-refractivity contribution in [2.45, 2.75) is 57.2 Å². The molecular weight excluding hydrogens is 474 g/mol. The minimum Gasteiger partial charge on any atom is -0.481 e. The zero-order chi connectivity index (χ0) is 26.9. The molecule has 1 aliphatic heterocycles. The monoisotopic (exact) mass is 507 g/mol. The van der Waals surface area contributed by atoms with Gasteiger partial charge in [-0.25, -0.2) is 0 Å². The number of carbonyl (C=O) groups excluding carboxylic acids is 4. The van der Waals surface area contributed by atoms with E-state index in [0.29, 0.717) is 25.7 Å². The highest BCUT2D eigenvalue weighted by Crippen LogP contribution is 2.26. The first kappa shape index (κ1) is 27.6. The van der Waals surface area contributed by atoms with E-state index in [4.69, 9.17) is 5.11 Å². The van der Waals surface area contributed by atoms with Crippen molar-refractivity contribution >= 4 is 30.0 Å². The van der Waals surface area contributed by atoms with Gasteiger partial charge >= 0.3 is 5.97 Å². The number of carboxylic acid groups (broad SMARTS) is 1. The van der Waals surface area contributed by atoms with Crippen molar-refractivity contribution < 1.29 is 29.1 Å². The number of nitrogens with zero attached hydrogens (tertiary/aromatic N) is 1. The molecule has 3 N–H and O–H groups in total. The molecule has 0 aromatic heterocycles. The molecule has 0 radical (unpaired) electrons. The third kappa shape index (κ3) is 7.03. The fraction of sp³-hybridized carbons (Fsp3) is 0.393. The lowest BCUT2D eigenvalue weighted by molar-refractivity contribution is -0.143. The zero-order valence-electron chi connectivity index (χ0n) is 21.0. The molecule has 1 unspecified atom stereocenters. The standard InChI is InChI=1S/C28H33N3O6/c1-18(2)25(28(37)31-15-9-14-22(31)26(35)29-21(17-32)16-23(33)34)30-27(36)24(19-10-5-3-6-11-19)20-12-7-4-8-13-20/h3-8,10-13,17-18,21-22,24-25H,9,14-16H2,1-2H3,(H,29,35)(H,30,36)(H,33,34)/t21-,22?,25-/m0/s1. The Morgan fingerprint density at radius 3 is 2.03 bits per heavy atom. The van der Waals surface area contributed by atoms with Crippen LogP contribution in [0.4, 0.5) is 0 Å². The first-order chi connectivity index (χ1) is 17.7. The van der Waals surface area contributed by atoms with Crippen LogP contribution in [0, 0.1) is 5.92 Å². The summed E-state index contributed by atoms with van der Waals surface area (Å²) in [6.45, 7) is 3.97. The van der Waals surface area contributed by atoms with E-state index in [1.54, 1.807) is 0 Å². The normalized spacial score (nSPS) is 16.8. The van der Waals surface area contributed by atoms with E-state index in [1.165, 1.54) is 4.90 Å². The quantitative estimate of drug-likeness (QED) is 0.399. The number of nitrogens with one attached hydrogen (secondary N) is 2. The number of likely N-dealkylation sites (tertiary alicyclic amines) is 1. The summed E-state index contributed by atoms with van der Waals surface area (Å²) in [5.74, 6) is -3.40. The van der Waals surface area contributed by atoms with Crippen LogP contribution in [0.3, 0.4) is 0 Å². The molecular formula is C28H33N3O6. The Morgan fingerprint density at radius 2 is 1.54 bits per heavy atom. The Balaban J connectivity index is 1.80. The highest BCUT2D eigenvalue weighted by molar-refractivity contribution is 5.95. The number of rotatable bonds is 11. The molecule has 1 heterocycles. The van der Waals surface area contributed by atoms with E-state index in [1.807, 2.05) is 74.5 Å². The molecule has 0 saturated carbocycles. The highest BCUT2D eigenvalue weighted by atomic mass is 16.4. The maximum Gasteiger partial charge on any atom is 0.305 e. The Labute approximate surface area is 216 Å². The third-order valence-electron chi connectivity index (χ3n) is 6.48. The second-order valence-electron chi connectivity index (χ2n) is 9.52. The minimum absolute atomic E-state index is 0.261. The largest absolute Gasteiger partial charge is 0.481 e. The van der Waals surface area contributed by atoms with Crippen LogP contribution in [0.2, 0.25) is 0 Å². The second kappa shape index (κ2) is 12.8. The highest BCUT2D eigenvalue weighted by Gasteiger charge is 2.40. The summed E-state index contributed by atoms with van der Waals surface area (Å²) in [6.07, 6.45) is 0.786. The van der Waals surface area contributed by atoms with E-state index >= 15 is 0 Å². The van der Waals surface area contributed by atoms with Gasteiger partial charge in [0, 0.05) is 6.54 Å². The van der Waals surface area contributed by atoms with Crippen molar-refractivity contribution in [1.82, 2.24) is 15.5 Å². The van der Waals surface area contributed by atoms with Crippen molar-refractivity contribution in [3.05, 3.63) is 71.8 Å². The average Bonchev–Trinajstić information content (AvgIpc) is 3.38. The molecule has 3 rings (SSSR count). The van der Waals surface area contributed by atoms with Crippen molar-refractivity contribution in [2.75, 3.05) is 6.54 Å². The Morgan fingerprint density at radius 1 is 0.973 bits per heavy atom. The summed E-state index contributed by atoms with van der Waals surface area (Å²) in [7, 11) is 0. The first-order valence-corrected chi connectivity index (χ1v) is 12.4. The fourth-order valence-corrected chi connectivity index (χ4v) is 4.62. The van der Waals surface area contributed by atoms with Gasteiger partial charge in [-0.3, -0.25) is 19.2 Å². The molecule has 0 aliphatic carbocycles. The van der Waals surface area contributed by atoms with E-state index in [-0.39, 0.29) is 17.7 Å². The summed E-state index contributed by atoms with van der Waals surface area (Å²) in [6, 6.07) is 15.7. The topological polar surface area (TPSA) is 133 Å². The average molecular weight is 508 g/mol. The second-order valence-corrected chi connectivity index (χ2v) is 9.52. The summed E-state index contributed by atoms with van der Waals surface area (Å²) in [5, 5.41) is 14.3. The number of carboxylic acids is 1. The fourth-order valence-electron chi connectivity index (χ4n) is 4.62. The molecule has 9 heteroatoms. The SMILES string of the molecule is CC(C)[C@H](NC(=O)C(c1ccccc1)c1ccccc1)C(=O)N1CCCC1C(=O)N[C@H](C=O)CC(=O)O. The molecule has 2 aromatic carbocycles. The molecule has 37 heavy (non-hydrogen) atoms. The minimum atomic E-state index is -1.22. The van der Waals surface area contributed by atoms with Crippen LogP contribution in [-0.2, 0) is 24.0 Å². The lowest BCUT2D eigenvalue weighted by atomic mass is 9.89. The zero-order valence-corrected chi connectivity index (χ0v) is 21.0. The Kier molecular flexibility index (Phi) is 9.54. The summed E-state index contributed by atoms with van der Waals surface area (Å²) >= 11 is 0. The van der Waals surface area contributed by atoms with Gasteiger partial charge in [0.1, 0.15) is 18.4 Å². The van der Waals surface area contributed by atoms with Crippen LogP contribution in [0.15, 0.2) is 60.7 Å². The summed E-state index contributed by atoms with van der Waals surface area (Å²) in [5.41, 5.74) is 1.58. The van der Waals surface area contributed by atoms with Crippen LogP contribution >= 0.6 is 0 Å². The maximum atomic E-state index is 13.6. The molecule has 9 nitrogen and oxygen atoms in total.